The number of hydrogen-bond acceptors (Lipinski definition) is 14. The van der Waals surface area contributed by atoms with Gasteiger partial charge >= 0.3 is 35.8 Å². The number of carboxylic acid groups (broad SMARTS) is 2. The van der Waals surface area contributed by atoms with Gasteiger partial charge in [0, 0.05) is 0 Å². The molecule has 0 aliphatic rings. The van der Waals surface area contributed by atoms with Crippen LogP contribution in [0.25, 0.3) is 0 Å². The SMILES string of the molecule is CC(C)C[C@H](N[C@@H](CCc1ccccc1)C(=O)O)C(=O)O.CCOC(=O)[C@H](CCc1ccccc1)N[C@@H](CC(C)C)C(=O)OC.CCOC(=O)[C@H](O)CCc1ccccc1.COC(=O)[C@@H](N)CC(C)C. The van der Waals surface area contributed by atoms with Gasteiger partial charge in [-0.05, 0) is 106 Å². The Hall–Kier alpha value is -5.68. The Bertz CT molecular complexity index is 1880. The highest BCUT2D eigenvalue weighted by molar-refractivity contribution is 5.80. The molecule has 16 heteroatoms. The predicted octanol–water partition coefficient (Wildman–Crippen LogP) is 6.97. The zero-order chi connectivity index (χ0) is 53.0. The van der Waals surface area contributed by atoms with Crippen molar-refractivity contribution in [3.63, 3.8) is 0 Å². The van der Waals surface area contributed by atoms with Crippen molar-refractivity contribution in [2.75, 3.05) is 27.4 Å². The van der Waals surface area contributed by atoms with E-state index in [-0.39, 0.29) is 23.8 Å². The lowest BCUT2D eigenvalue weighted by atomic mass is 10.0. The second kappa shape index (κ2) is 38.1. The van der Waals surface area contributed by atoms with Crippen molar-refractivity contribution >= 4 is 35.8 Å². The van der Waals surface area contributed by atoms with E-state index in [0.717, 1.165) is 23.1 Å². The summed E-state index contributed by atoms with van der Waals surface area (Å²) >= 11 is 0. The summed E-state index contributed by atoms with van der Waals surface area (Å²) in [6, 6.07) is 26.1. The fraction of sp³-hybridized carbons (Fsp3) is 0.556. The molecular weight excluding hydrogens is 899 g/mol. The zero-order valence-corrected chi connectivity index (χ0v) is 43.1. The normalized spacial score (nSPS) is 13.2. The van der Waals surface area contributed by atoms with Gasteiger partial charge in [-0.15, -0.1) is 0 Å². The summed E-state index contributed by atoms with van der Waals surface area (Å²) in [5, 5.41) is 33.8. The summed E-state index contributed by atoms with van der Waals surface area (Å²) in [4.78, 5) is 68.6. The van der Waals surface area contributed by atoms with E-state index in [1.54, 1.807) is 13.8 Å². The van der Waals surface area contributed by atoms with E-state index in [0.29, 0.717) is 76.4 Å². The van der Waals surface area contributed by atoms with E-state index >= 15 is 0 Å². The highest BCUT2D eigenvalue weighted by atomic mass is 16.5. The summed E-state index contributed by atoms with van der Waals surface area (Å²) in [6.07, 6.45) is 4.03. The first-order chi connectivity index (χ1) is 33.2. The second-order valence-electron chi connectivity index (χ2n) is 17.9. The molecule has 0 spiro atoms. The molecule has 16 nitrogen and oxygen atoms in total. The second-order valence-corrected chi connectivity index (χ2v) is 17.9. The van der Waals surface area contributed by atoms with E-state index in [4.69, 9.17) is 19.9 Å². The molecule has 0 amide bonds. The van der Waals surface area contributed by atoms with Gasteiger partial charge in [0.15, 0.2) is 6.10 Å². The van der Waals surface area contributed by atoms with Crippen LogP contribution in [0.4, 0.5) is 0 Å². The van der Waals surface area contributed by atoms with E-state index in [2.05, 4.69) is 15.4 Å². The van der Waals surface area contributed by atoms with Gasteiger partial charge in [0.25, 0.3) is 0 Å². The first-order valence-electron chi connectivity index (χ1n) is 24.2. The first-order valence-corrected chi connectivity index (χ1v) is 24.2. The van der Waals surface area contributed by atoms with Crippen molar-refractivity contribution in [2.45, 2.75) is 149 Å². The Labute approximate surface area is 416 Å². The number of benzene rings is 3. The number of methoxy groups -OCH3 is 2. The van der Waals surface area contributed by atoms with E-state index in [1.807, 2.05) is 133 Å². The largest absolute Gasteiger partial charge is 0.480 e. The first kappa shape index (κ1) is 64.3. The molecule has 0 heterocycles. The van der Waals surface area contributed by atoms with Crippen LogP contribution in [-0.4, -0.2) is 115 Å². The van der Waals surface area contributed by atoms with Crippen molar-refractivity contribution in [3.8, 4) is 0 Å². The van der Waals surface area contributed by atoms with Gasteiger partial charge in [-0.25, -0.2) is 4.79 Å². The van der Waals surface area contributed by atoms with Crippen LogP contribution in [0.15, 0.2) is 91.0 Å². The van der Waals surface area contributed by atoms with Gasteiger partial charge in [-0.1, -0.05) is 133 Å². The molecule has 0 unspecified atom stereocenters. The number of nitrogens with two attached hydrogens (primary N) is 1. The van der Waals surface area contributed by atoms with Crippen LogP contribution in [0.3, 0.4) is 0 Å². The number of aryl methyl sites for hydroxylation is 3. The summed E-state index contributed by atoms with van der Waals surface area (Å²) < 4.78 is 19.2. The predicted molar refractivity (Wildman–Crippen MR) is 271 cm³/mol. The third kappa shape index (κ3) is 30.7. The smallest absolute Gasteiger partial charge is 0.334 e. The minimum atomic E-state index is -1.01. The van der Waals surface area contributed by atoms with Crippen LogP contribution in [-0.2, 0) is 67.0 Å². The molecule has 7 N–H and O–H groups in total. The Morgan fingerprint density at radius 3 is 1.21 bits per heavy atom. The molecule has 0 saturated heterocycles. The molecule has 0 aromatic heterocycles. The van der Waals surface area contributed by atoms with Crippen molar-refractivity contribution in [2.24, 2.45) is 23.5 Å². The minimum Gasteiger partial charge on any atom is -0.480 e. The molecule has 0 bridgehead atoms. The molecule has 70 heavy (non-hydrogen) atoms. The van der Waals surface area contributed by atoms with Gasteiger partial charge < -0.3 is 40.0 Å². The number of aliphatic hydroxyl groups excluding tert-OH is 1. The van der Waals surface area contributed by atoms with Crippen molar-refractivity contribution in [1.82, 2.24) is 10.6 Å². The summed E-state index contributed by atoms with van der Waals surface area (Å²) in [5.74, 6) is -2.63. The number of carbonyl (C=O) groups excluding carboxylic acids is 4. The monoisotopic (exact) mass is 982 g/mol. The molecule has 6 atom stereocenters. The fourth-order valence-electron chi connectivity index (χ4n) is 6.80. The summed E-state index contributed by atoms with van der Waals surface area (Å²) in [5.41, 5.74) is 8.75. The van der Waals surface area contributed by atoms with E-state index < -0.39 is 54.2 Å². The van der Waals surface area contributed by atoms with E-state index in [1.165, 1.54) is 14.2 Å². The molecule has 0 radical (unpaired) electrons. The molecule has 0 aliphatic carbocycles. The number of hydrogen-bond donors (Lipinski definition) is 6. The third-order valence-corrected chi connectivity index (χ3v) is 10.3. The van der Waals surface area contributed by atoms with Crippen LogP contribution < -0.4 is 16.4 Å². The lowest BCUT2D eigenvalue weighted by Gasteiger charge is -2.24. The van der Waals surface area contributed by atoms with Gasteiger partial charge in [0.05, 0.1) is 27.4 Å². The quantitative estimate of drug-likeness (QED) is 0.0333. The molecule has 3 aromatic carbocycles. The lowest BCUT2D eigenvalue weighted by Crippen LogP contribution is -2.49. The van der Waals surface area contributed by atoms with E-state index in [9.17, 15) is 44.1 Å². The number of rotatable bonds is 27. The molecule has 0 saturated carbocycles. The van der Waals surface area contributed by atoms with Gasteiger partial charge in [-0.3, -0.25) is 34.6 Å². The Morgan fingerprint density at radius 2 is 0.843 bits per heavy atom. The zero-order valence-electron chi connectivity index (χ0n) is 43.1. The fourth-order valence-corrected chi connectivity index (χ4v) is 6.80. The Morgan fingerprint density at radius 1 is 0.486 bits per heavy atom. The average Bonchev–Trinajstić information content (AvgIpc) is 3.33. The molecule has 0 aliphatic heterocycles. The number of aliphatic hydroxyl groups is 1. The highest BCUT2D eigenvalue weighted by Crippen LogP contribution is 2.13. The maximum absolute atomic E-state index is 12.3. The van der Waals surface area contributed by atoms with Crippen molar-refractivity contribution in [1.29, 1.82) is 0 Å². The molecule has 0 fully saturated rings. The average molecular weight is 982 g/mol. The molecule has 3 rings (SSSR count). The Kier molecular flexibility index (Phi) is 35.0. The number of nitrogens with one attached hydrogen (secondary N) is 2. The number of esters is 4. The maximum atomic E-state index is 12.3. The lowest BCUT2D eigenvalue weighted by molar-refractivity contribution is -0.153. The van der Waals surface area contributed by atoms with Crippen molar-refractivity contribution < 1.29 is 63.0 Å². The van der Waals surface area contributed by atoms with Crippen LogP contribution in [0.2, 0.25) is 0 Å². The third-order valence-electron chi connectivity index (χ3n) is 10.3. The van der Waals surface area contributed by atoms with Gasteiger partial charge in [0.2, 0.25) is 0 Å². The number of carbonyl (C=O) groups is 6. The maximum Gasteiger partial charge on any atom is 0.334 e. The standard InChI is InChI=1S/C19H29NO4.C16H23NO4.C12H16O3.C7H15NO2/c1-5-24-19(22)16(12-11-15-9-7-6-8-10-15)20-17(13-14(2)3)18(21)23-4;1-11(2)10-14(16(20)21)17-13(15(18)19)9-8-12-6-4-3-5-7-12;1-2-15-12(14)11(13)9-8-10-6-4-3-5-7-10;1-5(2)4-6(8)7(9)10-3/h6-10,14,16-17,20H,5,11-13H2,1-4H3;3-7,11,13-14,17H,8-10H2,1-2H3,(H,18,19)(H,20,21);3-7,11,13H,2,8-9H2,1H3;5-6H,4,8H2,1-3H3/t16-,17-;13-,14-;11-;6-/m0010/s1. The molecular formula is C54H83N3O13. The summed E-state index contributed by atoms with van der Waals surface area (Å²) in [6.45, 7) is 16.0. The number of carboxylic acids is 2. The van der Waals surface area contributed by atoms with Crippen LogP contribution in [0.5, 0.6) is 0 Å². The molecule has 3 aromatic rings. The van der Waals surface area contributed by atoms with Gasteiger partial charge in [-0.2, -0.15) is 0 Å². The molecule has 392 valence electrons. The highest BCUT2D eigenvalue weighted by Gasteiger charge is 2.29. The minimum absolute atomic E-state index is 0.183. The van der Waals surface area contributed by atoms with Crippen LogP contribution >= 0.6 is 0 Å². The summed E-state index contributed by atoms with van der Waals surface area (Å²) in [7, 11) is 2.71. The number of ether oxygens (including phenoxy) is 4. The van der Waals surface area contributed by atoms with Gasteiger partial charge in [0.1, 0.15) is 30.2 Å². The Balaban J connectivity index is 0.000000947. The topological polar surface area (TPSA) is 250 Å². The number of aliphatic carboxylic acids is 2. The van der Waals surface area contributed by atoms with Crippen LogP contribution in [0.1, 0.15) is 111 Å². The van der Waals surface area contributed by atoms with Crippen molar-refractivity contribution in [3.05, 3.63) is 108 Å². The van der Waals surface area contributed by atoms with Crippen LogP contribution in [0, 0.1) is 17.8 Å².